The van der Waals surface area contributed by atoms with Gasteiger partial charge in [-0.25, -0.2) is 4.70 Å². The number of rotatable bonds is 53. The Morgan fingerprint density at radius 1 is 0.310 bits per heavy atom. The molecule has 84 heavy (non-hydrogen) atoms. The summed E-state index contributed by atoms with van der Waals surface area (Å²) in [5.41, 5.74) is 27.6. The quantitative estimate of drug-likeness (QED) is 0.0273. The second-order valence-corrected chi connectivity index (χ2v) is 26.1. The van der Waals surface area contributed by atoms with Crippen molar-refractivity contribution in [3.63, 3.8) is 0 Å². The van der Waals surface area contributed by atoms with Crippen LogP contribution in [-0.2, 0) is 39.7 Å². The molecule has 3 rings (SSSR count). The Kier molecular flexibility index (Phi) is 57.6. The standard InChI is InChI=1S/C41H62N2.2C20H41.Pd/c1-9-14-17-20-23-33-28-36(29-34(24-21-18-15-10-2)39(33)25-22-19-16-11-3)41-38(13-5)37(12-4)40(43(41)42)35-26-30(6)32(8)31(7)27-35;2*1-3-5-7-9-11-13-15-17-19-20-18-16-14-12-10-8-6-4-2;/h26-29H,9-25H2,1-8H3;2*1,3-20H2,2H3;/q;2*-1;+2. The Balaban J connectivity index is 0.00000140. The zero-order valence-corrected chi connectivity index (χ0v) is 60.0. The fraction of sp³-hybridized carbons (Fsp3) is 0.778. The fourth-order valence-electron chi connectivity index (χ4n) is 12.9. The number of hydrogen-bond acceptors (Lipinski definition) is 0. The molecule has 2 aromatic rings. The first-order chi connectivity index (χ1) is 40.6. The maximum absolute atomic E-state index is 12.1. The van der Waals surface area contributed by atoms with Crippen LogP contribution in [-0.4, -0.2) is 4.70 Å². The van der Waals surface area contributed by atoms with Crippen molar-refractivity contribution >= 4 is 11.4 Å². The molecule has 0 N–H and O–H groups in total. The molecule has 1 heterocycles. The zero-order valence-electron chi connectivity index (χ0n) is 58.4. The molecule has 0 saturated carbocycles. The fourth-order valence-corrected chi connectivity index (χ4v) is 12.9. The first-order valence-corrected chi connectivity index (χ1v) is 37.4. The number of aryl methyl sites for hydroxylation is 4. The van der Waals surface area contributed by atoms with Gasteiger partial charge in [-0.3, -0.25) is 0 Å². The zero-order chi connectivity index (χ0) is 60.8. The van der Waals surface area contributed by atoms with Crippen molar-refractivity contribution in [3.8, 4) is 0 Å². The molecule has 488 valence electrons. The molecule has 1 aliphatic heterocycles. The Labute approximate surface area is 542 Å². The van der Waals surface area contributed by atoms with Gasteiger partial charge in [-0.15, -0.1) is 0 Å². The molecule has 0 aliphatic carbocycles. The second-order valence-electron chi connectivity index (χ2n) is 26.1. The van der Waals surface area contributed by atoms with Gasteiger partial charge < -0.3 is 19.4 Å². The molecular formula is C81H144N2Pd. The van der Waals surface area contributed by atoms with E-state index in [9.17, 15) is 5.53 Å². The second kappa shape index (κ2) is 58.8. The van der Waals surface area contributed by atoms with Crippen LogP contribution in [0, 0.1) is 34.6 Å². The van der Waals surface area contributed by atoms with Crippen molar-refractivity contribution in [3.05, 3.63) is 99.3 Å². The number of benzene rings is 2. The monoisotopic (exact) mass is 1250 g/mol. The van der Waals surface area contributed by atoms with Crippen molar-refractivity contribution < 1.29 is 25.1 Å². The topological polar surface area (TPSA) is 25.3 Å². The van der Waals surface area contributed by atoms with Crippen LogP contribution in [0.2, 0.25) is 0 Å². The molecule has 0 bridgehead atoms. The van der Waals surface area contributed by atoms with Gasteiger partial charge in [-0.2, -0.15) is 12.8 Å². The maximum atomic E-state index is 12.1. The average molecular weight is 1250 g/mol. The van der Waals surface area contributed by atoms with Crippen molar-refractivity contribution in [2.45, 2.75) is 410 Å². The molecule has 1 aliphatic rings. The molecule has 3 heteroatoms. The van der Waals surface area contributed by atoms with Crippen molar-refractivity contribution in [2.24, 2.45) is 0 Å². The summed E-state index contributed by atoms with van der Waals surface area (Å²) >= 11 is 0. The molecular weight excluding hydrogens is 1110 g/mol. The van der Waals surface area contributed by atoms with E-state index in [1.807, 2.05) is 0 Å². The van der Waals surface area contributed by atoms with Crippen LogP contribution in [0.5, 0.6) is 0 Å². The predicted molar refractivity (Wildman–Crippen MR) is 377 cm³/mol. The van der Waals surface area contributed by atoms with Gasteiger partial charge in [0.15, 0.2) is 0 Å². The largest absolute Gasteiger partial charge is 2.00 e. The molecule has 0 radical (unpaired) electrons. The number of hydrogen-bond donors (Lipinski definition) is 0. The SMILES string of the molecule is CCCCCCc1cc(C2=C(CC)C(CC)=C(c3cc(C)c(C)c(C)c3)[N+]2=[N-])cc(CCCCCC)c1CCCCCC.[CH2-]CCCCCCCCCCCCCCCCCCC.[CH2-]CCCCCCCCCCCCCCCCCCC.[Pd+2]. The van der Waals surface area contributed by atoms with Crippen molar-refractivity contribution in [2.75, 3.05) is 0 Å². The Bertz CT molecular complexity index is 1770. The Morgan fingerprint density at radius 3 is 0.786 bits per heavy atom. The summed E-state index contributed by atoms with van der Waals surface area (Å²) in [7, 11) is 0. The summed E-state index contributed by atoms with van der Waals surface area (Å²) in [6.07, 6.45) is 72.4. The molecule has 0 amide bonds. The van der Waals surface area contributed by atoms with E-state index in [-0.39, 0.29) is 20.4 Å². The van der Waals surface area contributed by atoms with Gasteiger partial charge in [0, 0.05) is 22.3 Å². The van der Waals surface area contributed by atoms with Crippen LogP contribution >= 0.6 is 0 Å². The van der Waals surface area contributed by atoms with E-state index in [1.54, 1.807) is 21.4 Å². The van der Waals surface area contributed by atoms with Crippen LogP contribution in [0.1, 0.15) is 414 Å². The van der Waals surface area contributed by atoms with Gasteiger partial charge in [0.05, 0.1) is 0 Å². The summed E-state index contributed by atoms with van der Waals surface area (Å²) in [6, 6.07) is 9.49. The van der Waals surface area contributed by atoms with Gasteiger partial charge in [0.2, 0.25) is 11.4 Å². The van der Waals surface area contributed by atoms with Gasteiger partial charge in [0.25, 0.3) is 0 Å². The van der Waals surface area contributed by atoms with Crippen molar-refractivity contribution in [1.29, 1.82) is 0 Å². The number of allylic oxidation sites excluding steroid dienone is 2. The minimum absolute atomic E-state index is 0. The maximum Gasteiger partial charge on any atom is 2.00 e. The first kappa shape index (κ1) is 82.2. The number of unbranched alkanes of at least 4 members (excludes halogenated alkanes) is 43. The molecule has 0 unspecified atom stereocenters. The third-order valence-electron chi connectivity index (χ3n) is 18.6. The van der Waals surface area contributed by atoms with E-state index >= 15 is 0 Å². The van der Waals surface area contributed by atoms with E-state index in [2.05, 4.69) is 107 Å². The van der Waals surface area contributed by atoms with Gasteiger partial charge in [0.1, 0.15) is 0 Å². The van der Waals surface area contributed by atoms with Crippen molar-refractivity contribution in [1.82, 2.24) is 0 Å². The van der Waals surface area contributed by atoms with E-state index in [4.69, 9.17) is 0 Å². The van der Waals surface area contributed by atoms with E-state index in [0.717, 1.165) is 55.5 Å². The summed E-state index contributed by atoms with van der Waals surface area (Å²) in [4.78, 5) is 0. The van der Waals surface area contributed by atoms with Crippen LogP contribution < -0.4 is 0 Å². The molecule has 0 spiro atoms. The minimum Gasteiger partial charge on any atom is -0.493 e. The molecule has 0 atom stereocenters. The normalized spacial score (nSPS) is 12.3. The summed E-state index contributed by atoms with van der Waals surface area (Å²) < 4.78 is 1.57. The third-order valence-corrected chi connectivity index (χ3v) is 18.6. The average Bonchev–Trinajstić information content (AvgIpc) is 1.87. The Hall–Kier alpha value is -1.82. The molecule has 0 fully saturated rings. The molecule has 0 saturated heterocycles. The number of nitrogens with zero attached hydrogens (tertiary/aromatic N) is 2. The van der Waals surface area contributed by atoms with Crippen LogP contribution in [0.25, 0.3) is 16.9 Å². The minimum atomic E-state index is 0. The molecule has 2 nitrogen and oxygen atoms in total. The summed E-state index contributed by atoms with van der Waals surface area (Å²) in [6.45, 7) is 30.4. The van der Waals surface area contributed by atoms with E-state index < -0.39 is 0 Å². The Morgan fingerprint density at radius 2 is 0.536 bits per heavy atom. The van der Waals surface area contributed by atoms with Gasteiger partial charge >= 0.3 is 20.4 Å². The van der Waals surface area contributed by atoms with Crippen LogP contribution in [0.3, 0.4) is 0 Å². The van der Waals surface area contributed by atoms with E-state index in [1.165, 1.54) is 335 Å². The van der Waals surface area contributed by atoms with Gasteiger partial charge in [-0.05, 0) is 130 Å². The molecule has 0 aromatic heterocycles. The third kappa shape index (κ3) is 38.6. The van der Waals surface area contributed by atoms with Gasteiger partial charge in [-0.1, -0.05) is 325 Å². The summed E-state index contributed by atoms with van der Waals surface area (Å²) in [5, 5.41) is 0. The molecule has 2 aromatic carbocycles. The predicted octanol–water partition coefficient (Wildman–Crippen LogP) is 28.7. The smallest absolute Gasteiger partial charge is 0.493 e. The van der Waals surface area contributed by atoms with Crippen LogP contribution in [0.4, 0.5) is 0 Å². The van der Waals surface area contributed by atoms with Crippen LogP contribution in [0.15, 0.2) is 35.4 Å². The summed E-state index contributed by atoms with van der Waals surface area (Å²) in [5.74, 6) is 0. The first-order valence-electron chi connectivity index (χ1n) is 37.4. The van der Waals surface area contributed by atoms with E-state index in [0.29, 0.717) is 0 Å².